The fourth-order valence-corrected chi connectivity index (χ4v) is 0.798. The van der Waals surface area contributed by atoms with E-state index in [-0.39, 0.29) is 13.1 Å². The second-order valence-electron chi connectivity index (χ2n) is 2.27. The second kappa shape index (κ2) is 3.04. The molecule has 1 heterocycles. The Morgan fingerprint density at radius 2 is 1.83 bits per heavy atom. The number of halogens is 3. The normalized spacial score (nSPS) is 18.9. The molecule has 0 aromatic rings. The van der Waals surface area contributed by atoms with E-state index in [0.717, 1.165) is 0 Å². The summed E-state index contributed by atoms with van der Waals surface area (Å²) in [6.07, 6.45) is -3.95. The number of rotatable bonds is 0. The maximum Gasteiger partial charge on any atom is 0.431 e. The first-order valence-corrected chi connectivity index (χ1v) is 3.31. The van der Waals surface area contributed by atoms with Gasteiger partial charge in [-0.1, -0.05) is 0 Å². The van der Waals surface area contributed by atoms with E-state index in [0.29, 0.717) is 6.08 Å². The van der Waals surface area contributed by atoms with Crippen molar-refractivity contribution in [2.75, 3.05) is 13.1 Å². The zero-order chi connectivity index (χ0) is 9.19. The maximum absolute atomic E-state index is 12.0. The second-order valence-corrected chi connectivity index (χ2v) is 2.27. The van der Waals surface area contributed by atoms with Crippen LogP contribution in [0.3, 0.4) is 0 Å². The van der Waals surface area contributed by atoms with Gasteiger partial charge in [-0.2, -0.15) is 13.2 Å². The van der Waals surface area contributed by atoms with E-state index in [1.165, 1.54) is 0 Å². The first-order valence-electron chi connectivity index (χ1n) is 3.31. The van der Waals surface area contributed by atoms with Gasteiger partial charge in [-0.3, -0.25) is 4.79 Å². The summed E-state index contributed by atoms with van der Waals surface area (Å²) in [5, 5.41) is 4.37. The number of carbonyl (C=O) groups is 1. The van der Waals surface area contributed by atoms with E-state index >= 15 is 0 Å². The van der Waals surface area contributed by atoms with Crippen LogP contribution >= 0.6 is 0 Å². The van der Waals surface area contributed by atoms with Crippen LogP contribution in [0.1, 0.15) is 0 Å². The fraction of sp³-hybridized carbons (Fsp3) is 0.500. The predicted molar refractivity (Wildman–Crippen MR) is 35.2 cm³/mol. The molecule has 1 aliphatic rings. The molecule has 68 valence electrons. The molecule has 2 N–H and O–H groups in total. The Morgan fingerprint density at radius 1 is 1.25 bits per heavy atom. The highest BCUT2D eigenvalue weighted by Gasteiger charge is 2.34. The molecule has 0 unspecified atom stereocenters. The third-order valence-electron chi connectivity index (χ3n) is 1.32. The van der Waals surface area contributed by atoms with Crippen molar-refractivity contribution in [1.29, 1.82) is 0 Å². The Hall–Kier alpha value is -1.20. The van der Waals surface area contributed by atoms with Gasteiger partial charge in [0.2, 0.25) is 5.91 Å². The molecule has 0 aliphatic carbocycles. The van der Waals surface area contributed by atoms with Gasteiger partial charge in [-0.05, 0) is 0 Å². The number of hydrogen-bond acceptors (Lipinski definition) is 2. The summed E-state index contributed by atoms with van der Waals surface area (Å²) in [5.74, 6) is -0.715. The average molecular weight is 180 g/mol. The van der Waals surface area contributed by atoms with E-state index in [2.05, 4.69) is 10.6 Å². The minimum Gasteiger partial charge on any atom is -0.379 e. The monoisotopic (exact) mass is 180 g/mol. The predicted octanol–water partition coefficient (Wildman–Crippen LogP) is 0.152. The topological polar surface area (TPSA) is 41.1 Å². The van der Waals surface area contributed by atoms with Crippen LogP contribution < -0.4 is 10.6 Å². The molecule has 1 aliphatic heterocycles. The lowest BCUT2D eigenvalue weighted by Crippen LogP contribution is -2.28. The van der Waals surface area contributed by atoms with Crippen molar-refractivity contribution in [3.05, 3.63) is 11.8 Å². The lowest BCUT2D eigenvalue weighted by Gasteiger charge is -2.10. The molecular formula is C6H7F3N2O. The van der Waals surface area contributed by atoms with Crippen molar-refractivity contribution in [3.63, 3.8) is 0 Å². The third-order valence-corrected chi connectivity index (χ3v) is 1.32. The average Bonchev–Trinajstić information content (AvgIpc) is 2.11. The van der Waals surface area contributed by atoms with Crippen molar-refractivity contribution >= 4 is 5.91 Å². The van der Waals surface area contributed by atoms with Crippen LogP contribution in [0.2, 0.25) is 0 Å². The molecule has 12 heavy (non-hydrogen) atoms. The molecule has 0 saturated heterocycles. The summed E-state index contributed by atoms with van der Waals surface area (Å²) >= 11 is 0. The van der Waals surface area contributed by atoms with Gasteiger partial charge in [-0.15, -0.1) is 0 Å². The molecule has 0 fully saturated rings. The van der Waals surface area contributed by atoms with Crippen molar-refractivity contribution in [2.45, 2.75) is 6.18 Å². The van der Waals surface area contributed by atoms with Gasteiger partial charge in [0, 0.05) is 19.2 Å². The largest absolute Gasteiger partial charge is 0.431 e. The van der Waals surface area contributed by atoms with E-state index in [4.69, 9.17) is 0 Å². The Bertz CT molecular complexity index is 221. The minimum absolute atomic E-state index is 0.0943. The smallest absolute Gasteiger partial charge is 0.379 e. The molecule has 0 atom stereocenters. The van der Waals surface area contributed by atoms with Crippen LogP contribution in [0, 0.1) is 0 Å². The van der Waals surface area contributed by atoms with E-state index in [1.807, 2.05) is 0 Å². The molecule has 1 amide bonds. The van der Waals surface area contributed by atoms with Gasteiger partial charge in [0.25, 0.3) is 0 Å². The molecule has 0 bridgehead atoms. The first-order chi connectivity index (χ1) is 5.50. The van der Waals surface area contributed by atoms with Crippen molar-refractivity contribution < 1.29 is 18.0 Å². The lowest BCUT2D eigenvalue weighted by molar-refractivity contribution is -0.117. The van der Waals surface area contributed by atoms with Crippen LogP contribution in [0.5, 0.6) is 0 Å². The molecule has 0 radical (unpaired) electrons. The molecule has 0 aromatic heterocycles. The number of nitrogens with one attached hydrogen (secondary N) is 2. The summed E-state index contributed by atoms with van der Waals surface area (Å²) in [4.78, 5) is 10.6. The summed E-state index contributed by atoms with van der Waals surface area (Å²) < 4.78 is 36.0. The maximum atomic E-state index is 12.0. The number of amides is 1. The van der Waals surface area contributed by atoms with Gasteiger partial charge in [0.05, 0.1) is 0 Å². The molecule has 0 aromatic carbocycles. The SMILES string of the molecule is O=C1C=C(C(F)(F)F)NCCN1. The highest BCUT2D eigenvalue weighted by atomic mass is 19.4. The van der Waals surface area contributed by atoms with E-state index in [9.17, 15) is 18.0 Å². The van der Waals surface area contributed by atoms with Crippen LogP contribution in [0.15, 0.2) is 11.8 Å². The minimum atomic E-state index is -4.47. The molecule has 1 rings (SSSR count). The third kappa shape index (κ3) is 2.14. The highest BCUT2D eigenvalue weighted by Crippen LogP contribution is 2.23. The summed E-state index contributed by atoms with van der Waals surface area (Å²) in [7, 11) is 0. The van der Waals surface area contributed by atoms with Gasteiger partial charge >= 0.3 is 6.18 Å². The molecular weight excluding hydrogens is 173 g/mol. The molecule has 0 saturated carbocycles. The quantitative estimate of drug-likeness (QED) is 0.557. The van der Waals surface area contributed by atoms with Gasteiger partial charge in [0.15, 0.2) is 0 Å². The molecule has 6 heteroatoms. The van der Waals surface area contributed by atoms with Gasteiger partial charge < -0.3 is 10.6 Å². The molecule has 3 nitrogen and oxygen atoms in total. The van der Waals surface area contributed by atoms with Crippen molar-refractivity contribution in [3.8, 4) is 0 Å². The van der Waals surface area contributed by atoms with Crippen LogP contribution in [-0.2, 0) is 4.79 Å². The Balaban J connectivity index is 2.80. The number of carbonyl (C=O) groups excluding carboxylic acids is 1. The fourth-order valence-electron chi connectivity index (χ4n) is 0.798. The van der Waals surface area contributed by atoms with E-state index in [1.54, 1.807) is 0 Å². The first kappa shape index (κ1) is 8.89. The van der Waals surface area contributed by atoms with Crippen LogP contribution in [0.4, 0.5) is 13.2 Å². The zero-order valence-corrected chi connectivity index (χ0v) is 6.03. The number of alkyl halides is 3. The van der Waals surface area contributed by atoms with E-state index < -0.39 is 17.8 Å². The van der Waals surface area contributed by atoms with Crippen molar-refractivity contribution in [2.24, 2.45) is 0 Å². The Morgan fingerprint density at radius 3 is 2.42 bits per heavy atom. The summed E-state index contributed by atoms with van der Waals surface area (Å²) in [5.41, 5.74) is -0.988. The van der Waals surface area contributed by atoms with Crippen molar-refractivity contribution in [1.82, 2.24) is 10.6 Å². The number of hydrogen-bond donors (Lipinski definition) is 2. The summed E-state index contributed by atoms with van der Waals surface area (Å²) in [6.45, 7) is 0.298. The highest BCUT2D eigenvalue weighted by molar-refractivity contribution is 5.88. The van der Waals surface area contributed by atoms with Crippen LogP contribution in [-0.4, -0.2) is 25.2 Å². The van der Waals surface area contributed by atoms with Gasteiger partial charge in [-0.25, -0.2) is 0 Å². The standard InChI is InChI=1S/C6H7F3N2O/c7-6(8,9)4-3-5(12)11-2-1-10-4/h3,10H,1-2H2,(H,11,12). The Kier molecular flexibility index (Phi) is 2.25. The number of allylic oxidation sites excluding steroid dienone is 1. The lowest BCUT2D eigenvalue weighted by atomic mass is 10.4. The molecule has 0 spiro atoms. The van der Waals surface area contributed by atoms with Gasteiger partial charge in [0.1, 0.15) is 5.70 Å². The zero-order valence-electron chi connectivity index (χ0n) is 6.03. The Labute approximate surface area is 66.6 Å². The summed E-state index contributed by atoms with van der Waals surface area (Å²) in [6, 6.07) is 0. The van der Waals surface area contributed by atoms with Crippen LogP contribution in [0.25, 0.3) is 0 Å².